The van der Waals surface area contributed by atoms with Crippen LogP contribution < -0.4 is 484 Å². The van der Waals surface area contributed by atoms with Crippen molar-refractivity contribution in [2.75, 3.05) is 39.5 Å². The number of amides is 2. The Morgan fingerprint density at radius 2 is 0.443 bits per heavy atom. The van der Waals surface area contributed by atoms with Crippen molar-refractivity contribution < 1.29 is 776 Å². The molecule has 0 spiro atoms. The summed E-state index contributed by atoms with van der Waals surface area (Å²) in [6.07, 6.45) is -76.6. The van der Waals surface area contributed by atoms with Crippen LogP contribution in [0.25, 0.3) is 0 Å². The minimum absolute atomic E-state index is 0. The van der Waals surface area contributed by atoms with Crippen molar-refractivity contribution >= 4 is 178 Å². The van der Waals surface area contributed by atoms with E-state index < -0.39 is 334 Å². The van der Waals surface area contributed by atoms with E-state index in [1.807, 2.05) is 0 Å². The normalized spacial score (nSPS) is 21.3. The molecule has 2 saturated heterocycles. The fraction of sp³-hybridized carbons (Fsp3) is 0.926. The largest absolute Gasteiger partial charge is 1.00 e. The molecule has 2 heterocycles. The Hall–Kier alpha value is 12.7. The van der Waals surface area contributed by atoms with Crippen molar-refractivity contribution in [3.8, 4) is 0 Å². The van der Waals surface area contributed by atoms with Crippen molar-refractivity contribution in [1.82, 2.24) is 10.6 Å². The van der Waals surface area contributed by atoms with Gasteiger partial charge in [-0.1, -0.05) is 0 Å². The van der Waals surface area contributed by atoms with Gasteiger partial charge in [-0.25, -0.2) is 135 Å². The predicted molar refractivity (Wildman–Crippen MR) is 295 cm³/mol. The Morgan fingerprint density at radius 3 is 0.634 bits per heavy atom. The van der Waals surface area contributed by atoms with Crippen molar-refractivity contribution in [2.45, 2.75) is 117 Å². The van der Waals surface area contributed by atoms with Gasteiger partial charge in [0.15, 0.2) is 37.0 Å². The first-order valence-corrected chi connectivity index (χ1v) is 47.4. The van der Waals surface area contributed by atoms with E-state index in [9.17, 15) is 217 Å². The van der Waals surface area contributed by atoms with Gasteiger partial charge in [0.05, 0.1) is 26.4 Å². The van der Waals surface area contributed by atoms with Crippen LogP contribution in [0.4, 0.5) is 0 Å². The van der Waals surface area contributed by atoms with E-state index in [2.05, 4.69) is 66.9 Å². The zero-order valence-electron chi connectivity index (χ0n) is 68.5. The maximum Gasteiger partial charge on any atom is 1.00 e. The van der Waals surface area contributed by atoms with Gasteiger partial charge in [-0.2, -0.15) is 0 Å². The van der Waals surface area contributed by atoms with Crippen LogP contribution in [0, 0.1) is 0 Å². The van der Waals surface area contributed by atoms with Gasteiger partial charge in [-0.15, -0.1) is 0 Å². The van der Waals surface area contributed by atoms with Gasteiger partial charge in [0.1, 0.15) is 73.2 Å². The Labute approximate surface area is 1100 Å². The molecule has 72 nitrogen and oxygen atoms in total. The van der Waals surface area contributed by atoms with Crippen LogP contribution >= 0.6 is 0 Å². The molecule has 2 fully saturated rings. The maximum absolute atomic E-state index is 14.0. The average Bonchev–Trinajstić information content (AvgIpc) is 0.765. The molecule has 0 aliphatic carbocycles. The number of hydrogen-bond donors (Lipinski definition) is 2. The second-order valence-corrected chi connectivity index (χ2v) is 36.0. The molecule has 0 aromatic rings. The van der Waals surface area contributed by atoms with Crippen LogP contribution in [0.3, 0.4) is 0 Å². The molecular formula is C27H34N2Na16O70S16. The fourth-order valence-electron chi connectivity index (χ4n) is 8.33. The van der Waals surface area contributed by atoms with Crippen LogP contribution in [0.5, 0.6) is 0 Å². The summed E-state index contributed by atoms with van der Waals surface area (Å²) in [5.41, 5.74) is 0. The predicted octanol–water partition coefficient (Wildman–Crippen LogP) is -68.1. The molecule has 131 heavy (non-hydrogen) atoms. The molecule has 2 aliphatic rings. The number of carbonyl (C=O) groups excluding carboxylic acids is 2. The first-order chi connectivity index (χ1) is 50.8. The second-order valence-electron chi connectivity index (χ2n) is 19.7. The fourth-order valence-corrected chi connectivity index (χ4v) is 15.3. The molecule has 0 saturated carbocycles. The van der Waals surface area contributed by atoms with Gasteiger partial charge in [-0.05, 0) is 6.42 Å². The zero-order chi connectivity index (χ0) is 90.1. The van der Waals surface area contributed by atoms with Crippen LogP contribution in [-0.2, 0) is 262 Å². The van der Waals surface area contributed by atoms with Crippen molar-refractivity contribution in [3.63, 3.8) is 0 Å². The third-order valence-corrected chi connectivity index (χ3v) is 18.7. The molecule has 18 unspecified atom stereocenters. The Morgan fingerprint density at radius 1 is 0.244 bits per heavy atom. The van der Waals surface area contributed by atoms with Gasteiger partial charge >= 0.3 is 473 Å². The summed E-state index contributed by atoms with van der Waals surface area (Å²) in [7, 11) is -111. The van der Waals surface area contributed by atoms with E-state index in [1.165, 1.54) is 0 Å². The quantitative estimate of drug-likeness (QED) is 0.0247. The summed E-state index contributed by atoms with van der Waals surface area (Å²) in [4.78, 5) is 28.1. The van der Waals surface area contributed by atoms with E-state index in [0.717, 1.165) is 10.6 Å². The molecule has 18 atom stereocenters. The van der Waals surface area contributed by atoms with Crippen LogP contribution in [0.2, 0.25) is 0 Å². The van der Waals surface area contributed by atoms with E-state index >= 15 is 0 Å². The van der Waals surface area contributed by atoms with Gasteiger partial charge in [0, 0.05) is 13.1 Å². The van der Waals surface area contributed by atoms with Gasteiger partial charge in [0.25, 0.3) is 11.8 Å². The van der Waals surface area contributed by atoms with Gasteiger partial charge in [0.2, 0.25) is 166 Å². The van der Waals surface area contributed by atoms with Crippen LogP contribution in [0.15, 0.2) is 0 Å². The summed E-state index contributed by atoms with van der Waals surface area (Å²) >= 11 is 0. The van der Waals surface area contributed by atoms with Crippen molar-refractivity contribution in [3.05, 3.63) is 0 Å². The van der Waals surface area contributed by atoms with Crippen LogP contribution in [-0.4, -0.2) is 369 Å². The van der Waals surface area contributed by atoms with Gasteiger partial charge in [-0.3, -0.25) is 76.5 Å². The molecule has 2 N–H and O–H groups in total. The SMILES string of the molecule is O=C(NCCCNC(=O)C(OS(=O)(=O)[O-])C(OS(=O)(=O)[O-])C(OC1OC(COS(=O)(=O)[O-])C(OS(=O)(=O)[O-])C(OS(=O)(=O)[O-])C1OS(=O)(=O)[O-])C(COS(=O)(=O)[O-])OS(=O)(=O)[O-])C(OS(=O)(=O)[O-])C(OS(=O)(=O)[O-])C(OC1OC(COS(=O)(=O)[O-])C(OS(=O)(=O)[O-])C(OS(=O)(=O)[O-])C1OS(=O)(=O)[O-])C(COS(=O)(=O)[O-])OS(=O)(=O)[O-].[Na+].[Na+].[Na+].[Na+].[Na+].[Na+].[Na+].[Na+].[Na+].[Na+].[Na+].[Na+].[Na+].[Na+].[Na+].[Na+]. The molecule has 0 bridgehead atoms. The summed E-state index contributed by atoms with van der Waals surface area (Å²) < 4.78 is 655. The minimum atomic E-state index is -7.32. The van der Waals surface area contributed by atoms with Crippen molar-refractivity contribution in [2.24, 2.45) is 0 Å². The number of hydrogen-bond acceptors (Lipinski definition) is 70. The first kappa shape index (κ1) is 177. The molecule has 2 amide bonds. The van der Waals surface area contributed by atoms with E-state index in [1.54, 1.807) is 0 Å². The van der Waals surface area contributed by atoms with Gasteiger partial charge < -0.3 is 102 Å². The first-order valence-electron chi connectivity index (χ1n) is 26.0. The monoisotopic (exact) mass is 2390 g/mol. The molecule has 0 aromatic heterocycles. The zero-order valence-corrected chi connectivity index (χ0v) is 114. The molecular weight excluding hydrogens is 2350 g/mol. The van der Waals surface area contributed by atoms with Crippen molar-refractivity contribution in [1.29, 1.82) is 0 Å². The Kier molecular flexibility index (Phi) is 98.9. The summed E-state index contributed by atoms with van der Waals surface area (Å²) in [6.45, 7) is -14.5. The summed E-state index contributed by atoms with van der Waals surface area (Å²) in [5.74, 6) is -5.90. The number of carbonyl (C=O) groups is 2. The molecule has 684 valence electrons. The van der Waals surface area contributed by atoms with E-state index in [0.29, 0.717) is 0 Å². The molecule has 2 aliphatic heterocycles. The third-order valence-electron chi connectivity index (χ3n) is 11.5. The Bertz CT molecular complexity index is 5100. The molecule has 2 rings (SSSR count). The number of rotatable bonds is 52. The van der Waals surface area contributed by atoms with E-state index in [-0.39, 0.29) is 473 Å². The second kappa shape index (κ2) is 73.3. The number of ether oxygens (including phenoxy) is 4. The summed E-state index contributed by atoms with van der Waals surface area (Å²) in [5, 5.41) is 2.29. The number of nitrogens with one attached hydrogen (secondary N) is 2. The smallest absolute Gasteiger partial charge is 0.726 e. The Balaban J connectivity index is -0.000000647. The standard InChI is InChI=1S/C27H50N2O70S16.16Na/c30-24(20(96-112(68,69)70)16(92-108(56,57)58)12(10(88-104(44,45)46)6-82-102(38,39)40)86-26-22(98-114(74,75)76)18(94-110(62,63)64)14(90-106(50,51)52)8(84-26)4-80-100(32,33)34)28-2-1-3-29-25(31)21(97-113(71,72)73)17(93-109(59,60)61)13(11(89-105(47,48)49)7-83-103(41,42)43)87-27-23(99-115(77,78)79)19(95-111(65,66)67)15(91-107(53,54)55)9(85-27)5-81-101(35,36)37;;;;;;;;;;;;;;;;/h8-23,26-27H,1-7H2,(H,28,30)(H,29,31)(H,32,33,34)(H,35,36,37)(H,38,39,40)(H,41,42,43)(H,44,45,46)(H,47,48,49)(H,50,51,52)(H,53,54,55)(H,56,57,58)(H,59,60,61)(H,62,63,64)(H,65,66,67)(H,68,69,70)(H,71,72,73)(H,74,75,76)(H,77,78,79);;;;;;;;;;;;;;;;/q;16*+1/p-16. The molecule has 104 heteroatoms. The topological polar surface area (TPSA) is 1160 Å². The summed E-state index contributed by atoms with van der Waals surface area (Å²) in [6, 6.07) is 0. The third kappa shape index (κ3) is 82.8. The minimum Gasteiger partial charge on any atom is -0.726 e. The maximum atomic E-state index is 14.0. The van der Waals surface area contributed by atoms with Crippen LogP contribution in [0.1, 0.15) is 6.42 Å². The molecule has 0 aromatic carbocycles. The molecule has 0 radical (unpaired) electrons. The van der Waals surface area contributed by atoms with E-state index in [4.69, 9.17) is 18.9 Å². The average molecular weight is 2390 g/mol.